The smallest absolute Gasteiger partial charge is 0.119 e. The molecular formula is C17H22N2O4. The molecule has 1 aliphatic heterocycles. The van der Waals surface area contributed by atoms with E-state index in [0.717, 1.165) is 17.3 Å². The van der Waals surface area contributed by atoms with Gasteiger partial charge in [-0.25, -0.2) is 0 Å². The molecule has 124 valence electrons. The Hall–Kier alpha value is -1.73. The topological polar surface area (TPSA) is 97.8 Å². The van der Waals surface area contributed by atoms with Crippen LogP contribution in [0.2, 0.25) is 0 Å². The van der Waals surface area contributed by atoms with E-state index in [4.69, 9.17) is 15.2 Å². The predicted octanol–water partition coefficient (Wildman–Crippen LogP) is 1.14. The highest BCUT2D eigenvalue weighted by molar-refractivity contribution is 5.83. The Kier molecular flexibility index (Phi) is 4.77. The number of fused-ring (bicyclic) bond motifs is 1. The second-order valence-electron chi connectivity index (χ2n) is 5.93. The van der Waals surface area contributed by atoms with Crippen molar-refractivity contribution in [1.29, 1.82) is 0 Å². The lowest BCUT2D eigenvalue weighted by molar-refractivity contribution is -0.111. The van der Waals surface area contributed by atoms with Gasteiger partial charge in [0.2, 0.25) is 0 Å². The van der Waals surface area contributed by atoms with E-state index < -0.39 is 18.3 Å². The molecule has 0 unspecified atom stereocenters. The van der Waals surface area contributed by atoms with Crippen LogP contribution in [0.15, 0.2) is 30.5 Å². The first-order valence-corrected chi connectivity index (χ1v) is 7.76. The maximum Gasteiger partial charge on any atom is 0.119 e. The van der Waals surface area contributed by atoms with Gasteiger partial charge in [-0.1, -0.05) is 0 Å². The average molecular weight is 318 g/mol. The van der Waals surface area contributed by atoms with Crippen LogP contribution in [0.25, 0.3) is 10.9 Å². The van der Waals surface area contributed by atoms with Crippen molar-refractivity contribution >= 4 is 10.9 Å². The number of nitrogens with two attached hydrogens (primary N) is 1. The molecule has 0 spiro atoms. The Bertz CT molecular complexity index is 671. The van der Waals surface area contributed by atoms with Crippen molar-refractivity contribution in [2.45, 2.75) is 37.2 Å². The number of aliphatic hydroxyl groups is 2. The highest BCUT2D eigenvalue weighted by Gasteiger charge is 2.32. The van der Waals surface area contributed by atoms with Crippen molar-refractivity contribution in [3.8, 4) is 5.75 Å². The first kappa shape index (κ1) is 16.1. The number of aliphatic hydroxyl groups excluding tert-OH is 2. The molecule has 3 rings (SSSR count). The van der Waals surface area contributed by atoms with Gasteiger partial charge < -0.3 is 25.4 Å². The van der Waals surface area contributed by atoms with Crippen LogP contribution >= 0.6 is 0 Å². The summed E-state index contributed by atoms with van der Waals surface area (Å²) in [5, 5.41) is 21.9. The number of pyridine rings is 1. The number of ether oxygens (including phenoxy) is 2. The monoisotopic (exact) mass is 318 g/mol. The zero-order valence-corrected chi connectivity index (χ0v) is 13.1. The molecule has 0 bridgehead atoms. The summed E-state index contributed by atoms with van der Waals surface area (Å²) in [4.78, 5) is 4.29. The summed E-state index contributed by atoms with van der Waals surface area (Å²) in [5.41, 5.74) is 7.15. The molecule has 1 aliphatic rings. The van der Waals surface area contributed by atoms with Gasteiger partial charge in [-0.3, -0.25) is 4.98 Å². The third kappa shape index (κ3) is 3.30. The number of hydrogen-bond donors (Lipinski definition) is 3. The Labute approximate surface area is 134 Å². The average Bonchev–Trinajstić information content (AvgIpc) is 2.60. The van der Waals surface area contributed by atoms with E-state index >= 15 is 0 Å². The summed E-state index contributed by atoms with van der Waals surface area (Å²) in [6, 6.07) is 7.16. The van der Waals surface area contributed by atoms with Crippen LogP contribution in [0.3, 0.4) is 0 Å². The molecule has 4 N–H and O–H groups in total. The number of benzene rings is 1. The highest BCUT2D eigenvalue weighted by Crippen LogP contribution is 2.31. The van der Waals surface area contributed by atoms with Gasteiger partial charge in [0.1, 0.15) is 18.0 Å². The Morgan fingerprint density at radius 2 is 2.13 bits per heavy atom. The number of aromatic nitrogens is 1. The molecule has 4 atom stereocenters. The summed E-state index contributed by atoms with van der Waals surface area (Å²) in [6.45, 7) is 0.402. The number of rotatable bonds is 4. The zero-order valence-electron chi connectivity index (χ0n) is 13.1. The van der Waals surface area contributed by atoms with Crippen LogP contribution < -0.4 is 10.5 Å². The van der Waals surface area contributed by atoms with Crippen LogP contribution in [-0.2, 0) is 4.74 Å². The Morgan fingerprint density at radius 3 is 2.83 bits per heavy atom. The van der Waals surface area contributed by atoms with Gasteiger partial charge in [0.25, 0.3) is 0 Å². The Morgan fingerprint density at radius 1 is 1.30 bits per heavy atom. The second kappa shape index (κ2) is 6.80. The minimum atomic E-state index is -1.06. The molecule has 23 heavy (non-hydrogen) atoms. The molecule has 6 heteroatoms. The van der Waals surface area contributed by atoms with Crippen molar-refractivity contribution in [2.75, 3.05) is 13.7 Å². The van der Waals surface area contributed by atoms with Gasteiger partial charge in [-0.15, -0.1) is 0 Å². The molecule has 0 saturated carbocycles. The van der Waals surface area contributed by atoms with Gasteiger partial charge in [-0.2, -0.15) is 0 Å². The molecule has 6 nitrogen and oxygen atoms in total. The predicted molar refractivity (Wildman–Crippen MR) is 86.2 cm³/mol. The van der Waals surface area contributed by atoms with E-state index in [2.05, 4.69) is 4.98 Å². The Balaban J connectivity index is 1.89. The van der Waals surface area contributed by atoms with Crippen LogP contribution in [0, 0.1) is 0 Å². The van der Waals surface area contributed by atoms with Crippen molar-refractivity contribution in [2.24, 2.45) is 5.73 Å². The van der Waals surface area contributed by atoms with Crippen LogP contribution in [0.5, 0.6) is 5.75 Å². The molecule has 2 heterocycles. The van der Waals surface area contributed by atoms with Gasteiger partial charge in [0, 0.05) is 17.6 Å². The minimum absolute atomic E-state index is 0.00149. The molecule has 2 aromatic rings. The van der Waals surface area contributed by atoms with Gasteiger partial charge in [-0.05, 0) is 42.7 Å². The third-order valence-corrected chi connectivity index (χ3v) is 4.35. The first-order valence-electron chi connectivity index (χ1n) is 7.76. The largest absolute Gasteiger partial charge is 0.497 e. The fourth-order valence-electron chi connectivity index (χ4n) is 2.98. The van der Waals surface area contributed by atoms with E-state index in [-0.39, 0.29) is 6.04 Å². The van der Waals surface area contributed by atoms with Crippen molar-refractivity contribution in [3.05, 3.63) is 36.0 Å². The summed E-state index contributed by atoms with van der Waals surface area (Å²) in [6.07, 6.45) is 0.535. The van der Waals surface area contributed by atoms with Crippen molar-refractivity contribution < 1.29 is 19.7 Å². The molecule has 1 saturated heterocycles. The van der Waals surface area contributed by atoms with Crippen LogP contribution in [0.1, 0.15) is 24.5 Å². The molecule has 1 aromatic heterocycles. The van der Waals surface area contributed by atoms with Crippen molar-refractivity contribution in [3.63, 3.8) is 0 Å². The van der Waals surface area contributed by atoms with Gasteiger partial charge in [0.15, 0.2) is 0 Å². The summed E-state index contributed by atoms with van der Waals surface area (Å²) >= 11 is 0. The number of methoxy groups -OCH3 is 1. The van der Waals surface area contributed by atoms with E-state index in [9.17, 15) is 10.2 Å². The number of nitrogens with zero attached hydrogens (tertiary/aromatic N) is 1. The standard InChI is InChI=1S/C17H22N2O4/c1-22-11-3-4-14-13(8-11)12(6-7-19-14)16(20)17(21)15-5-2-10(18)9-23-15/h3-4,6-8,10,15-17,20-21H,2,5,9,18H2,1H3/t10-,15+,16+,17-/m1/s1. The quantitative estimate of drug-likeness (QED) is 0.782. The summed E-state index contributed by atoms with van der Waals surface area (Å²) in [7, 11) is 1.58. The lowest BCUT2D eigenvalue weighted by Gasteiger charge is -2.32. The third-order valence-electron chi connectivity index (χ3n) is 4.35. The maximum absolute atomic E-state index is 10.6. The molecular weight excluding hydrogens is 296 g/mol. The fraction of sp³-hybridized carbons (Fsp3) is 0.471. The molecule has 1 fully saturated rings. The highest BCUT2D eigenvalue weighted by atomic mass is 16.5. The van der Waals surface area contributed by atoms with E-state index in [0.29, 0.717) is 24.3 Å². The first-order chi connectivity index (χ1) is 11.1. The van der Waals surface area contributed by atoms with E-state index in [1.165, 1.54) is 0 Å². The molecule has 0 aliphatic carbocycles. The lowest BCUT2D eigenvalue weighted by atomic mass is 9.93. The normalized spacial score (nSPS) is 24.3. The minimum Gasteiger partial charge on any atom is -0.497 e. The van der Waals surface area contributed by atoms with Crippen LogP contribution in [-0.4, -0.2) is 47.2 Å². The zero-order chi connectivity index (χ0) is 16.4. The molecule has 1 aromatic carbocycles. The SMILES string of the molecule is COc1ccc2nccc([C@H](O)[C@H](O)[C@@H]3CC[C@@H](N)CO3)c2c1. The molecule has 0 radical (unpaired) electrons. The second-order valence-corrected chi connectivity index (χ2v) is 5.93. The van der Waals surface area contributed by atoms with Crippen molar-refractivity contribution in [1.82, 2.24) is 4.98 Å². The summed E-state index contributed by atoms with van der Waals surface area (Å²) in [5.74, 6) is 0.674. The number of hydrogen-bond acceptors (Lipinski definition) is 6. The van der Waals surface area contributed by atoms with Gasteiger partial charge in [0.05, 0.1) is 25.3 Å². The maximum atomic E-state index is 10.6. The lowest BCUT2D eigenvalue weighted by Crippen LogP contribution is -2.43. The van der Waals surface area contributed by atoms with E-state index in [1.54, 1.807) is 19.4 Å². The van der Waals surface area contributed by atoms with Gasteiger partial charge >= 0.3 is 0 Å². The van der Waals surface area contributed by atoms with Crippen LogP contribution in [0.4, 0.5) is 0 Å². The summed E-state index contributed by atoms with van der Waals surface area (Å²) < 4.78 is 10.8. The molecule has 0 amide bonds. The van der Waals surface area contributed by atoms with E-state index in [1.807, 2.05) is 18.2 Å². The fourth-order valence-corrected chi connectivity index (χ4v) is 2.98.